The summed E-state index contributed by atoms with van der Waals surface area (Å²) in [5.41, 5.74) is 0.146. The van der Waals surface area contributed by atoms with Crippen molar-refractivity contribution in [3.8, 4) is 0 Å². The Morgan fingerprint density at radius 2 is 2.10 bits per heavy atom. The number of H-pyrrole nitrogens is 1. The Labute approximate surface area is 126 Å². The normalized spacial score (nSPS) is 26.0. The molecule has 7 heteroatoms. The fraction of sp³-hybridized carbons (Fsp3) is 0.786. The molecule has 1 aliphatic carbocycles. The highest BCUT2D eigenvalue weighted by Crippen LogP contribution is 2.34. The van der Waals surface area contributed by atoms with Crippen molar-refractivity contribution in [1.82, 2.24) is 20.0 Å². The van der Waals surface area contributed by atoms with Crippen LogP contribution in [-0.4, -0.2) is 36.5 Å². The molecule has 1 atom stereocenters. The Bertz CT molecular complexity index is 584. The molecule has 0 amide bonds. The van der Waals surface area contributed by atoms with Gasteiger partial charge in [-0.15, -0.1) is 0 Å². The first kappa shape index (κ1) is 15.0. The molecule has 1 aromatic heterocycles. The Balaban J connectivity index is 1.69. The van der Waals surface area contributed by atoms with Gasteiger partial charge in [-0.05, 0) is 39.2 Å². The first-order valence-electron chi connectivity index (χ1n) is 7.78. The van der Waals surface area contributed by atoms with Crippen LogP contribution in [0, 0.1) is 6.92 Å². The third-order valence-corrected chi connectivity index (χ3v) is 6.16. The number of rotatable bonds is 3. The molecule has 1 aromatic rings. The van der Waals surface area contributed by atoms with E-state index in [1.807, 2.05) is 0 Å². The number of hydrogen-bond acceptors (Lipinski definition) is 4. The number of aromatic amines is 1. The van der Waals surface area contributed by atoms with Gasteiger partial charge in [0.25, 0.3) is 10.0 Å². The molecule has 21 heavy (non-hydrogen) atoms. The second kappa shape index (κ2) is 5.70. The van der Waals surface area contributed by atoms with Crippen LogP contribution in [0.15, 0.2) is 11.2 Å². The van der Waals surface area contributed by atoms with Gasteiger partial charge in [0.2, 0.25) is 0 Å². The third-order valence-electron chi connectivity index (χ3n) is 4.73. The van der Waals surface area contributed by atoms with Crippen molar-refractivity contribution in [2.45, 2.75) is 68.5 Å². The number of nitrogens with zero attached hydrogens (tertiary/aromatic N) is 1. The molecule has 1 unspecified atom stereocenters. The minimum atomic E-state index is -3.49. The minimum absolute atomic E-state index is 0.0120. The third kappa shape index (κ3) is 3.30. The summed E-state index contributed by atoms with van der Waals surface area (Å²) in [5.74, 6) is 0.615. The number of hydrogen-bond donors (Lipinski definition) is 3. The van der Waals surface area contributed by atoms with Crippen LogP contribution >= 0.6 is 0 Å². The number of nitrogens with one attached hydrogen (secondary N) is 3. The maximum atomic E-state index is 12.4. The highest BCUT2D eigenvalue weighted by Gasteiger charge is 2.38. The van der Waals surface area contributed by atoms with Gasteiger partial charge >= 0.3 is 0 Å². The largest absolute Gasteiger partial charge is 0.332 e. The van der Waals surface area contributed by atoms with Crippen molar-refractivity contribution in [3.05, 3.63) is 12.0 Å². The zero-order valence-electron chi connectivity index (χ0n) is 12.5. The van der Waals surface area contributed by atoms with E-state index in [0.717, 1.165) is 32.2 Å². The van der Waals surface area contributed by atoms with Crippen molar-refractivity contribution in [3.63, 3.8) is 0 Å². The summed E-state index contributed by atoms with van der Waals surface area (Å²) in [4.78, 5) is 6.77. The van der Waals surface area contributed by atoms with E-state index in [1.165, 1.54) is 25.5 Å². The van der Waals surface area contributed by atoms with E-state index in [-0.39, 0.29) is 16.6 Å². The summed E-state index contributed by atoms with van der Waals surface area (Å²) in [6.45, 7) is 2.63. The van der Waals surface area contributed by atoms with Gasteiger partial charge in [-0.1, -0.05) is 19.3 Å². The lowest BCUT2D eigenvalue weighted by Crippen LogP contribution is -2.57. The highest BCUT2D eigenvalue weighted by atomic mass is 32.2. The van der Waals surface area contributed by atoms with Gasteiger partial charge in [0.1, 0.15) is 5.82 Å². The Morgan fingerprint density at radius 1 is 1.33 bits per heavy atom. The fourth-order valence-corrected chi connectivity index (χ4v) is 4.93. The maximum absolute atomic E-state index is 12.4. The van der Waals surface area contributed by atoms with Crippen LogP contribution in [0.2, 0.25) is 0 Å². The highest BCUT2D eigenvalue weighted by molar-refractivity contribution is 7.89. The molecule has 6 nitrogen and oxygen atoms in total. The van der Waals surface area contributed by atoms with Gasteiger partial charge in [-0.25, -0.2) is 18.1 Å². The molecule has 1 aliphatic heterocycles. The summed E-state index contributed by atoms with van der Waals surface area (Å²) in [6, 6.07) is 0.0120. The topological polar surface area (TPSA) is 86.9 Å². The second-order valence-electron chi connectivity index (χ2n) is 6.41. The number of aromatic nitrogens is 2. The van der Waals surface area contributed by atoms with Gasteiger partial charge < -0.3 is 10.3 Å². The Hall–Kier alpha value is -0.920. The Morgan fingerprint density at radius 3 is 2.76 bits per heavy atom. The molecular weight excluding hydrogens is 288 g/mol. The van der Waals surface area contributed by atoms with Crippen LogP contribution in [0.1, 0.15) is 50.8 Å². The van der Waals surface area contributed by atoms with E-state index in [4.69, 9.17) is 0 Å². The molecule has 118 valence electrons. The predicted octanol–water partition coefficient (Wildman–Crippen LogP) is 1.45. The van der Waals surface area contributed by atoms with Gasteiger partial charge in [0.15, 0.2) is 5.03 Å². The van der Waals surface area contributed by atoms with Gasteiger partial charge in [-0.2, -0.15) is 0 Å². The van der Waals surface area contributed by atoms with E-state index in [0.29, 0.717) is 5.82 Å². The Kier molecular flexibility index (Phi) is 4.07. The average Bonchev–Trinajstić information content (AvgIpc) is 2.87. The predicted molar refractivity (Wildman–Crippen MR) is 80.5 cm³/mol. The summed E-state index contributed by atoms with van der Waals surface area (Å²) >= 11 is 0. The van der Waals surface area contributed by atoms with Gasteiger partial charge in [-0.3, -0.25) is 0 Å². The molecule has 3 rings (SSSR count). The summed E-state index contributed by atoms with van der Waals surface area (Å²) in [5, 5.41) is 3.80. The summed E-state index contributed by atoms with van der Waals surface area (Å²) in [7, 11) is -3.49. The van der Waals surface area contributed by atoms with E-state index in [9.17, 15) is 8.42 Å². The van der Waals surface area contributed by atoms with Crippen LogP contribution in [0.4, 0.5) is 0 Å². The monoisotopic (exact) mass is 312 g/mol. The smallest absolute Gasteiger partial charge is 0.257 e. The number of aryl methyl sites for hydroxylation is 1. The molecule has 0 bridgehead atoms. The lowest BCUT2D eigenvalue weighted by molar-refractivity contribution is 0.165. The molecule has 1 saturated carbocycles. The zero-order chi connectivity index (χ0) is 14.9. The number of sulfonamides is 1. The van der Waals surface area contributed by atoms with Crippen molar-refractivity contribution in [2.24, 2.45) is 0 Å². The molecule has 2 aliphatic rings. The van der Waals surface area contributed by atoms with Gasteiger partial charge in [0.05, 0.1) is 6.20 Å². The summed E-state index contributed by atoms with van der Waals surface area (Å²) < 4.78 is 27.6. The average molecular weight is 312 g/mol. The molecule has 2 heterocycles. The zero-order valence-corrected chi connectivity index (χ0v) is 13.3. The molecule has 3 N–H and O–H groups in total. The molecule has 1 saturated heterocycles. The first-order valence-corrected chi connectivity index (χ1v) is 9.26. The molecule has 0 radical (unpaired) electrons. The molecule has 0 aromatic carbocycles. The lowest BCUT2D eigenvalue weighted by atomic mass is 9.75. The standard InChI is InChI=1S/C14H24N4O2S/c1-11-15-10-13(17-11)21(19,20)18-12-5-8-16-14(9-12)6-3-2-4-7-14/h10,12,16,18H,2-9H2,1H3,(H,15,17). The first-order chi connectivity index (χ1) is 9.99. The van der Waals surface area contributed by atoms with Crippen LogP contribution < -0.4 is 10.0 Å². The lowest BCUT2D eigenvalue weighted by Gasteiger charge is -2.44. The fourth-order valence-electron chi connectivity index (χ4n) is 3.69. The molecule has 1 spiro atoms. The van der Waals surface area contributed by atoms with Crippen molar-refractivity contribution in [1.29, 1.82) is 0 Å². The van der Waals surface area contributed by atoms with Crippen molar-refractivity contribution in [2.75, 3.05) is 6.54 Å². The van der Waals surface area contributed by atoms with Crippen LogP contribution in [0.5, 0.6) is 0 Å². The van der Waals surface area contributed by atoms with Crippen molar-refractivity contribution < 1.29 is 8.42 Å². The quantitative estimate of drug-likeness (QED) is 0.788. The molecular formula is C14H24N4O2S. The molecule has 2 fully saturated rings. The minimum Gasteiger partial charge on any atom is -0.332 e. The SMILES string of the molecule is Cc1ncc(S(=O)(=O)NC2CCNC3(CCCCC3)C2)[nH]1. The van der Waals surface area contributed by atoms with Gasteiger partial charge in [0, 0.05) is 11.6 Å². The van der Waals surface area contributed by atoms with Crippen LogP contribution in [-0.2, 0) is 10.0 Å². The number of imidazole rings is 1. The number of piperidine rings is 1. The van der Waals surface area contributed by atoms with E-state index in [2.05, 4.69) is 20.0 Å². The van der Waals surface area contributed by atoms with Crippen LogP contribution in [0.25, 0.3) is 0 Å². The second-order valence-corrected chi connectivity index (χ2v) is 8.09. The van der Waals surface area contributed by atoms with E-state index >= 15 is 0 Å². The van der Waals surface area contributed by atoms with Crippen molar-refractivity contribution >= 4 is 10.0 Å². The van der Waals surface area contributed by atoms with Crippen LogP contribution in [0.3, 0.4) is 0 Å². The summed E-state index contributed by atoms with van der Waals surface area (Å²) in [6.07, 6.45) is 9.22. The maximum Gasteiger partial charge on any atom is 0.257 e. The van der Waals surface area contributed by atoms with E-state index < -0.39 is 10.0 Å². The van der Waals surface area contributed by atoms with E-state index in [1.54, 1.807) is 6.92 Å².